The van der Waals surface area contributed by atoms with E-state index in [1.165, 1.54) is 47.6 Å². The fourth-order valence-corrected chi connectivity index (χ4v) is 3.63. The van der Waals surface area contributed by atoms with Crippen LogP contribution in [0.2, 0.25) is 10.0 Å². The predicted octanol–water partition coefficient (Wildman–Crippen LogP) is 3.99. The number of halogens is 3. The van der Waals surface area contributed by atoms with Gasteiger partial charge in [-0.1, -0.05) is 35.3 Å². The zero-order valence-electron chi connectivity index (χ0n) is 15.7. The maximum Gasteiger partial charge on any atom is 0.297 e. The molecule has 3 heterocycles. The van der Waals surface area contributed by atoms with Gasteiger partial charge in [-0.25, -0.2) is 13.7 Å². The summed E-state index contributed by atoms with van der Waals surface area (Å²) in [7, 11) is 0. The van der Waals surface area contributed by atoms with Crippen molar-refractivity contribution in [3.05, 3.63) is 93.4 Å². The van der Waals surface area contributed by atoms with Gasteiger partial charge in [-0.15, -0.1) is 0 Å². The zero-order valence-corrected chi connectivity index (χ0v) is 17.2. The number of hydrogen-bond acceptors (Lipinski definition) is 4. The number of ketones is 1. The molecule has 0 fully saturated rings. The molecule has 4 rings (SSSR count). The molecule has 0 atom stereocenters. The second-order valence-electron chi connectivity index (χ2n) is 6.63. The zero-order chi connectivity index (χ0) is 22.1. The van der Waals surface area contributed by atoms with Gasteiger partial charge in [-0.3, -0.25) is 14.6 Å². The third-order valence-electron chi connectivity index (χ3n) is 4.59. The Labute approximate surface area is 185 Å². The number of benzene rings is 1. The molecule has 0 aliphatic rings. The van der Waals surface area contributed by atoms with Gasteiger partial charge in [-0.05, 0) is 29.8 Å². The SMILES string of the molecule is O=C(Nc1c(Cl)cncc1Cl)C(=O)c1cn(Cc2ccc(F)cc2)c2c1ccc[n+]2[O-]. The van der Waals surface area contributed by atoms with Crippen LogP contribution in [0.4, 0.5) is 10.1 Å². The van der Waals surface area contributed by atoms with Crippen LogP contribution in [0.3, 0.4) is 0 Å². The van der Waals surface area contributed by atoms with Crippen LogP contribution in [0, 0.1) is 11.0 Å². The highest BCUT2D eigenvalue weighted by molar-refractivity contribution is 6.50. The second-order valence-corrected chi connectivity index (χ2v) is 7.44. The molecule has 0 aliphatic carbocycles. The molecule has 4 aromatic rings. The molecule has 0 unspecified atom stereocenters. The normalized spacial score (nSPS) is 10.9. The number of pyridine rings is 2. The summed E-state index contributed by atoms with van der Waals surface area (Å²) in [5, 5.41) is 15.3. The van der Waals surface area contributed by atoms with E-state index in [9.17, 15) is 19.2 Å². The Balaban J connectivity index is 1.72. The number of carbonyl (C=O) groups is 2. The number of amides is 1. The maximum atomic E-state index is 13.2. The molecule has 0 saturated carbocycles. The number of rotatable bonds is 5. The summed E-state index contributed by atoms with van der Waals surface area (Å²) in [6.07, 6.45) is 5.26. The number of anilines is 1. The summed E-state index contributed by atoms with van der Waals surface area (Å²) in [5.74, 6) is -2.24. The van der Waals surface area contributed by atoms with Gasteiger partial charge in [0.1, 0.15) is 18.6 Å². The van der Waals surface area contributed by atoms with E-state index in [1.54, 1.807) is 18.2 Å². The van der Waals surface area contributed by atoms with Crippen LogP contribution in [0.1, 0.15) is 15.9 Å². The number of carbonyl (C=O) groups excluding carboxylic acids is 2. The largest absolute Gasteiger partial charge is 0.711 e. The molecule has 3 aromatic heterocycles. The Bertz CT molecular complexity index is 1300. The van der Waals surface area contributed by atoms with Crippen molar-refractivity contribution in [2.45, 2.75) is 6.54 Å². The smallest absolute Gasteiger partial charge is 0.297 e. The fourth-order valence-electron chi connectivity index (χ4n) is 3.17. The lowest BCUT2D eigenvalue weighted by molar-refractivity contribution is -0.580. The molecular formula is C21H13Cl2FN4O3. The van der Waals surface area contributed by atoms with Gasteiger partial charge in [0.2, 0.25) is 0 Å². The van der Waals surface area contributed by atoms with Crippen LogP contribution in [0.5, 0.6) is 0 Å². The third-order valence-corrected chi connectivity index (χ3v) is 5.16. The van der Waals surface area contributed by atoms with Crippen LogP contribution >= 0.6 is 23.2 Å². The van der Waals surface area contributed by atoms with E-state index in [1.807, 2.05) is 0 Å². The van der Waals surface area contributed by atoms with Gasteiger partial charge in [-0.2, -0.15) is 0 Å². The quantitative estimate of drug-likeness (QED) is 0.212. The van der Waals surface area contributed by atoms with E-state index >= 15 is 0 Å². The van der Waals surface area contributed by atoms with Crippen molar-refractivity contribution in [2.75, 3.05) is 5.32 Å². The maximum absolute atomic E-state index is 13.2. The number of aromatic nitrogens is 3. The first-order valence-electron chi connectivity index (χ1n) is 8.95. The molecule has 10 heteroatoms. The van der Waals surface area contributed by atoms with Crippen LogP contribution in [-0.4, -0.2) is 21.2 Å². The molecule has 0 saturated heterocycles. The van der Waals surface area contributed by atoms with Crippen LogP contribution in [0.15, 0.2) is 61.2 Å². The van der Waals surface area contributed by atoms with Crippen molar-refractivity contribution in [3.63, 3.8) is 0 Å². The molecule has 0 aliphatic heterocycles. The van der Waals surface area contributed by atoms with Crippen molar-refractivity contribution in [3.8, 4) is 0 Å². The predicted molar refractivity (Wildman–Crippen MR) is 114 cm³/mol. The third kappa shape index (κ3) is 4.08. The first kappa shape index (κ1) is 20.8. The van der Waals surface area contributed by atoms with E-state index in [4.69, 9.17) is 23.2 Å². The molecule has 0 bridgehead atoms. The van der Waals surface area contributed by atoms with E-state index < -0.39 is 11.7 Å². The van der Waals surface area contributed by atoms with E-state index in [0.29, 0.717) is 15.7 Å². The first-order chi connectivity index (χ1) is 14.8. The minimum Gasteiger partial charge on any atom is -0.711 e. The number of fused-ring (bicyclic) bond motifs is 1. The Hall–Kier alpha value is -3.49. The Morgan fingerprint density at radius 2 is 1.81 bits per heavy atom. The Morgan fingerprint density at radius 1 is 1.13 bits per heavy atom. The highest BCUT2D eigenvalue weighted by Crippen LogP contribution is 2.29. The minimum absolute atomic E-state index is 0.0288. The monoisotopic (exact) mass is 458 g/mol. The fraction of sp³-hybridized carbons (Fsp3) is 0.0476. The lowest BCUT2D eigenvalue weighted by atomic mass is 10.1. The lowest BCUT2D eigenvalue weighted by Crippen LogP contribution is -2.28. The van der Waals surface area contributed by atoms with Crippen molar-refractivity contribution in [1.29, 1.82) is 0 Å². The standard InChI is InChI=1S/C21H13Cl2FN4O3/c22-16-8-25-9-17(23)18(16)26-20(30)19(29)15-11-27(10-12-3-5-13(24)6-4-12)21-14(15)2-1-7-28(21)31/h1-9,11H,10H2,(H,25,26,30). The van der Waals surface area contributed by atoms with E-state index in [0.717, 1.165) is 0 Å². The summed E-state index contributed by atoms with van der Waals surface area (Å²) in [5.41, 5.74) is 0.982. The average molecular weight is 459 g/mol. The number of nitrogens with one attached hydrogen (secondary N) is 1. The summed E-state index contributed by atoms with van der Waals surface area (Å²) in [6.45, 7) is 0.194. The highest BCUT2D eigenvalue weighted by Gasteiger charge is 2.27. The first-order valence-corrected chi connectivity index (χ1v) is 9.71. The molecule has 0 spiro atoms. The van der Waals surface area contributed by atoms with Crippen molar-refractivity contribution < 1.29 is 18.7 Å². The van der Waals surface area contributed by atoms with Crippen molar-refractivity contribution in [2.24, 2.45) is 0 Å². The van der Waals surface area contributed by atoms with Gasteiger partial charge < -0.3 is 10.5 Å². The highest BCUT2D eigenvalue weighted by atomic mass is 35.5. The van der Waals surface area contributed by atoms with E-state index in [2.05, 4.69) is 10.3 Å². The average Bonchev–Trinajstić information content (AvgIpc) is 3.11. The summed E-state index contributed by atoms with van der Waals surface area (Å²) >= 11 is 12.0. The van der Waals surface area contributed by atoms with Gasteiger partial charge >= 0.3 is 0 Å². The van der Waals surface area contributed by atoms with Crippen LogP contribution < -0.4 is 10.0 Å². The number of Topliss-reactive ketones (excluding diaryl/α,β-unsaturated/α-hetero) is 1. The topological polar surface area (TPSA) is 90.9 Å². The lowest BCUT2D eigenvalue weighted by Gasteiger charge is -2.07. The van der Waals surface area contributed by atoms with Gasteiger partial charge in [0.25, 0.3) is 17.3 Å². The van der Waals surface area contributed by atoms with Crippen molar-refractivity contribution >= 4 is 51.6 Å². The molecule has 1 N–H and O–H groups in total. The Kier molecular flexibility index (Phi) is 5.58. The van der Waals surface area contributed by atoms with E-state index in [-0.39, 0.29) is 39.3 Å². The minimum atomic E-state index is -0.975. The second kappa shape index (κ2) is 8.33. The summed E-state index contributed by atoms with van der Waals surface area (Å²) < 4.78 is 15.3. The molecular weight excluding hydrogens is 446 g/mol. The molecule has 7 nitrogen and oxygen atoms in total. The van der Waals surface area contributed by atoms with Gasteiger partial charge in [0, 0.05) is 12.4 Å². The van der Waals surface area contributed by atoms with Gasteiger partial charge in [0.05, 0.1) is 32.9 Å². The van der Waals surface area contributed by atoms with Crippen molar-refractivity contribution in [1.82, 2.24) is 9.55 Å². The molecule has 1 aromatic carbocycles. The molecule has 156 valence electrons. The van der Waals surface area contributed by atoms with Crippen LogP contribution in [0.25, 0.3) is 11.0 Å². The number of hydrogen-bond donors (Lipinski definition) is 1. The summed E-state index contributed by atoms with van der Waals surface area (Å²) in [4.78, 5) is 29.3. The molecule has 0 radical (unpaired) electrons. The Morgan fingerprint density at radius 3 is 2.48 bits per heavy atom. The summed E-state index contributed by atoms with van der Waals surface area (Å²) in [6, 6.07) is 8.78. The van der Waals surface area contributed by atoms with Gasteiger partial charge in [0.15, 0.2) is 0 Å². The molecule has 31 heavy (non-hydrogen) atoms. The molecule has 1 amide bonds. The number of nitrogens with zero attached hydrogens (tertiary/aromatic N) is 3. The van der Waals surface area contributed by atoms with Crippen LogP contribution in [-0.2, 0) is 11.3 Å².